The zero-order chi connectivity index (χ0) is 22.9. The van der Waals surface area contributed by atoms with Crippen LogP contribution in [0.2, 0.25) is 0 Å². The van der Waals surface area contributed by atoms with Crippen molar-refractivity contribution < 1.29 is 14.0 Å². The molecular weight excluding hydrogens is 412 g/mol. The fraction of sp³-hybridized carbons (Fsp3) is 0.0714. The number of nitrogens with one attached hydrogen (secondary N) is 2. The number of hydrogen-bond acceptors (Lipinski definition) is 3. The lowest BCUT2D eigenvalue weighted by Crippen LogP contribution is -2.27. The van der Waals surface area contributed by atoms with Gasteiger partial charge in [0.2, 0.25) is 0 Å². The molecule has 164 valence electrons. The number of para-hydroxylation sites is 1. The minimum Gasteiger partial charge on any atom is -0.465 e. The largest absolute Gasteiger partial charge is 0.465 e. The first-order valence-electron chi connectivity index (χ1n) is 10.7. The summed E-state index contributed by atoms with van der Waals surface area (Å²) in [4.78, 5) is 26.1. The molecule has 1 heterocycles. The van der Waals surface area contributed by atoms with Gasteiger partial charge in [-0.05, 0) is 47.9 Å². The van der Waals surface area contributed by atoms with Gasteiger partial charge in [0, 0.05) is 6.54 Å². The Labute approximate surface area is 192 Å². The van der Waals surface area contributed by atoms with Gasteiger partial charge < -0.3 is 15.1 Å². The molecule has 0 bridgehead atoms. The van der Waals surface area contributed by atoms with Crippen LogP contribution in [0, 0.1) is 0 Å². The van der Waals surface area contributed by atoms with Crippen LogP contribution in [0.4, 0.5) is 5.69 Å². The summed E-state index contributed by atoms with van der Waals surface area (Å²) in [5.74, 6) is -0.00353. The second-order valence-corrected chi connectivity index (χ2v) is 7.43. The smallest absolute Gasteiger partial charge is 0.256 e. The quantitative estimate of drug-likeness (QED) is 0.362. The predicted molar refractivity (Wildman–Crippen MR) is 131 cm³/mol. The van der Waals surface area contributed by atoms with Crippen LogP contribution in [0.1, 0.15) is 27.2 Å². The first kappa shape index (κ1) is 21.8. The van der Waals surface area contributed by atoms with Gasteiger partial charge in [0.25, 0.3) is 11.8 Å². The molecule has 0 saturated carbocycles. The molecule has 4 rings (SSSR count). The van der Waals surface area contributed by atoms with Gasteiger partial charge in [-0.25, -0.2) is 0 Å². The Bertz CT molecular complexity index is 1230. The predicted octanol–water partition coefficient (Wildman–Crippen LogP) is 5.43. The first-order valence-corrected chi connectivity index (χ1v) is 10.7. The molecule has 0 aliphatic heterocycles. The molecule has 5 nitrogen and oxygen atoms in total. The Kier molecular flexibility index (Phi) is 7.13. The van der Waals surface area contributed by atoms with Gasteiger partial charge in [-0.2, -0.15) is 0 Å². The highest BCUT2D eigenvalue weighted by atomic mass is 16.3. The maximum atomic E-state index is 13.3. The molecular formula is C28H24N2O3. The van der Waals surface area contributed by atoms with E-state index in [2.05, 4.69) is 10.6 Å². The molecule has 0 aliphatic rings. The molecule has 0 fully saturated rings. The summed E-state index contributed by atoms with van der Waals surface area (Å²) in [6.45, 7) is 0.499. The van der Waals surface area contributed by atoms with Gasteiger partial charge in [0.15, 0.2) is 0 Å². The second-order valence-electron chi connectivity index (χ2n) is 7.43. The van der Waals surface area contributed by atoms with E-state index in [1.807, 2.05) is 60.7 Å². The minimum atomic E-state index is -0.331. The summed E-state index contributed by atoms with van der Waals surface area (Å²) in [6, 6.07) is 29.8. The molecule has 0 atom stereocenters. The Morgan fingerprint density at radius 1 is 0.788 bits per heavy atom. The first-order chi connectivity index (χ1) is 16.2. The third-order valence-corrected chi connectivity index (χ3v) is 5.12. The number of hydrogen-bond donors (Lipinski definition) is 2. The van der Waals surface area contributed by atoms with E-state index in [9.17, 15) is 9.59 Å². The third-order valence-electron chi connectivity index (χ3n) is 5.12. The summed E-state index contributed by atoms with van der Waals surface area (Å²) in [5, 5.41) is 5.84. The van der Waals surface area contributed by atoms with Crippen LogP contribution in [0.5, 0.6) is 0 Å². The average Bonchev–Trinajstić information content (AvgIpc) is 3.37. The zero-order valence-corrected chi connectivity index (χ0v) is 18.0. The van der Waals surface area contributed by atoms with Gasteiger partial charge in [-0.1, -0.05) is 72.8 Å². The molecule has 3 aromatic carbocycles. The Hall–Kier alpha value is -4.38. The van der Waals surface area contributed by atoms with Gasteiger partial charge in [0.1, 0.15) is 5.76 Å². The van der Waals surface area contributed by atoms with E-state index in [0.29, 0.717) is 29.1 Å². The lowest BCUT2D eigenvalue weighted by molar-refractivity contribution is -0.111. The van der Waals surface area contributed by atoms with E-state index in [4.69, 9.17) is 4.42 Å². The molecule has 2 N–H and O–H groups in total. The number of carbonyl (C=O) groups is 2. The number of furan rings is 1. The molecule has 1 aromatic heterocycles. The molecule has 0 aliphatic carbocycles. The number of benzene rings is 3. The van der Waals surface area contributed by atoms with E-state index < -0.39 is 0 Å². The Balaban J connectivity index is 1.51. The van der Waals surface area contributed by atoms with Crippen molar-refractivity contribution in [2.24, 2.45) is 0 Å². The van der Waals surface area contributed by atoms with E-state index in [1.165, 1.54) is 0 Å². The van der Waals surface area contributed by atoms with Crippen molar-refractivity contribution in [3.63, 3.8) is 0 Å². The maximum Gasteiger partial charge on any atom is 0.256 e. The van der Waals surface area contributed by atoms with Crippen LogP contribution in [-0.4, -0.2) is 18.4 Å². The molecule has 0 saturated heterocycles. The van der Waals surface area contributed by atoms with Crippen molar-refractivity contribution >= 4 is 29.2 Å². The number of rotatable bonds is 8. The van der Waals surface area contributed by atoms with Gasteiger partial charge in [0.05, 0.1) is 23.1 Å². The highest BCUT2D eigenvalue weighted by Crippen LogP contribution is 2.22. The van der Waals surface area contributed by atoms with Crippen molar-refractivity contribution in [3.8, 4) is 0 Å². The number of carbonyl (C=O) groups excluding carboxylic acids is 2. The average molecular weight is 437 g/mol. The van der Waals surface area contributed by atoms with Crippen molar-refractivity contribution in [2.75, 3.05) is 11.9 Å². The number of amides is 2. The van der Waals surface area contributed by atoms with Crippen molar-refractivity contribution in [1.29, 1.82) is 0 Å². The van der Waals surface area contributed by atoms with Crippen LogP contribution in [0.25, 0.3) is 11.6 Å². The molecule has 0 spiro atoms. The summed E-state index contributed by atoms with van der Waals surface area (Å²) in [6.07, 6.45) is 3.97. The van der Waals surface area contributed by atoms with Crippen LogP contribution < -0.4 is 10.6 Å². The molecule has 0 unspecified atom stereocenters. The monoisotopic (exact) mass is 436 g/mol. The van der Waals surface area contributed by atoms with E-state index in [0.717, 1.165) is 17.5 Å². The molecule has 0 radical (unpaired) electrons. The second kappa shape index (κ2) is 10.8. The van der Waals surface area contributed by atoms with Crippen LogP contribution in [0.3, 0.4) is 0 Å². The third kappa shape index (κ3) is 5.86. The standard InChI is InChI=1S/C28H24N2O3/c31-27(29-18-17-21-10-3-1-4-11-21)24-15-7-8-16-26(24)30-28(32)25(20-23-14-9-19-33-23)22-12-5-2-6-13-22/h1-16,19-20H,17-18H2,(H,29,31)(H,30,32). The molecule has 4 aromatic rings. The van der Waals surface area contributed by atoms with Gasteiger partial charge >= 0.3 is 0 Å². The highest BCUT2D eigenvalue weighted by molar-refractivity contribution is 6.29. The lowest BCUT2D eigenvalue weighted by Gasteiger charge is -2.13. The zero-order valence-electron chi connectivity index (χ0n) is 18.0. The minimum absolute atomic E-state index is 0.238. The van der Waals surface area contributed by atoms with E-state index >= 15 is 0 Å². The van der Waals surface area contributed by atoms with Crippen molar-refractivity contribution in [3.05, 3.63) is 126 Å². The Morgan fingerprint density at radius 2 is 1.48 bits per heavy atom. The van der Waals surface area contributed by atoms with Crippen LogP contribution >= 0.6 is 0 Å². The normalized spacial score (nSPS) is 11.1. The molecule has 2 amide bonds. The van der Waals surface area contributed by atoms with Gasteiger partial charge in [-0.15, -0.1) is 0 Å². The SMILES string of the molecule is O=C(Nc1ccccc1C(=O)NCCc1ccccc1)C(=Cc1ccco1)c1ccccc1. The van der Waals surface area contributed by atoms with Crippen molar-refractivity contribution in [2.45, 2.75) is 6.42 Å². The summed E-state index contributed by atoms with van der Waals surface area (Å²) in [5.41, 5.74) is 3.18. The fourth-order valence-electron chi connectivity index (χ4n) is 3.45. The summed E-state index contributed by atoms with van der Waals surface area (Å²) < 4.78 is 5.41. The fourth-order valence-corrected chi connectivity index (χ4v) is 3.45. The van der Waals surface area contributed by atoms with E-state index in [-0.39, 0.29) is 11.8 Å². The van der Waals surface area contributed by atoms with Crippen LogP contribution in [0.15, 0.2) is 108 Å². The summed E-state index contributed by atoms with van der Waals surface area (Å²) >= 11 is 0. The number of anilines is 1. The van der Waals surface area contributed by atoms with E-state index in [1.54, 1.807) is 48.7 Å². The highest BCUT2D eigenvalue weighted by Gasteiger charge is 2.17. The molecule has 5 heteroatoms. The summed E-state index contributed by atoms with van der Waals surface area (Å²) in [7, 11) is 0. The topological polar surface area (TPSA) is 71.3 Å². The Morgan fingerprint density at radius 3 is 2.21 bits per heavy atom. The molecule has 33 heavy (non-hydrogen) atoms. The maximum absolute atomic E-state index is 13.3. The van der Waals surface area contributed by atoms with Crippen molar-refractivity contribution in [1.82, 2.24) is 5.32 Å². The van der Waals surface area contributed by atoms with Crippen LogP contribution in [-0.2, 0) is 11.2 Å². The van der Waals surface area contributed by atoms with Gasteiger partial charge in [-0.3, -0.25) is 9.59 Å². The lowest BCUT2D eigenvalue weighted by atomic mass is 10.0.